The molecule has 3 nitrogen and oxygen atoms in total. The molecule has 0 bridgehead atoms. The van der Waals surface area contributed by atoms with Gasteiger partial charge in [-0.05, 0) is 48.2 Å². The number of nitrogens with zero attached hydrogens (tertiary/aromatic N) is 1. The number of carbonyl (C=O) groups excluding carboxylic acids is 1. The molecule has 0 aromatic carbocycles. The molecule has 2 aliphatic rings. The van der Waals surface area contributed by atoms with E-state index in [4.69, 9.17) is 0 Å². The molecule has 2 aliphatic heterocycles. The highest BCUT2D eigenvalue weighted by Crippen LogP contribution is 2.26. The van der Waals surface area contributed by atoms with Gasteiger partial charge in [-0.2, -0.15) is 11.3 Å². The minimum atomic E-state index is 0.256. The summed E-state index contributed by atoms with van der Waals surface area (Å²) >= 11 is 1.73. The molecule has 92 valence electrons. The van der Waals surface area contributed by atoms with Crippen LogP contribution in [0.2, 0.25) is 0 Å². The molecule has 2 saturated heterocycles. The first-order valence-electron chi connectivity index (χ1n) is 6.38. The van der Waals surface area contributed by atoms with Crippen LogP contribution in [0.4, 0.5) is 0 Å². The standard InChI is InChI=1S/C13H18N2OS/c16-13-11-2-1-5-14-12(11)8-15(13)6-3-10-4-7-17-9-10/h4,7,9,11-12,14H,1-3,5-6,8H2. The van der Waals surface area contributed by atoms with Crippen molar-refractivity contribution in [3.8, 4) is 0 Å². The van der Waals surface area contributed by atoms with Crippen molar-refractivity contribution in [1.82, 2.24) is 10.2 Å². The number of amides is 1. The highest BCUT2D eigenvalue weighted by Gasteiger charge is 2.40. The average molecular weight is 250 g/mol. The molecule has 3 heterocycles. The van der Waals surface area contributed by atoms with Crippen LogP contribution in [0.1, 0.15) is 18.4 Å². The zero-order chi connectivity index (χ0) is 11.7. The number of thiophene rings is 1. The van der Waals surface area contributed by atoms with Gasteiger partial charge in [-0.1, -0.05) is 0 Å². The summed E-state index contributed by atoms with van der Waals surface area (Å²) in [6.45, 7) is 2.87. The summed E-state index contributed by atoms with van der Waals surface area (Å²) in [5.74, 6) is 0.628. The molecule has 2 unspecified atom stereocenters. The number of rotatable bonds is 3. The molecule has 0 aliphatic carbocycles. The smallest absolute Gasteiger partial charge is 0.227 e. The van der Waals surface area contributed by atoms with Gasteiger partial charge >= 0.3 is 0 Å². The molecule has 1 aromatic rings. The maximum Gasteiger partial charge on any atom is 0.227 e. The number of nitrogens with one attached hydrogen (secondary N) is 1. The van der Waals surface area contributed by atoms with Crippen molar-refractivity contribution in [1.29, 1.82) is 0 Å². The van der Waals surface area contributed by atoms with Gasteiger partial charge in [0.15, 0.2) is 0 Å². The molecular weight excluding hydrogens is 232 g/mol. The number of carbonyl (C=O) groups is 1. The fraction of sp³-hybridized carbons (Fsp3) is 0.615. The van der Waals surface area contributed by atoms with Gasteiger partial charge in [0, 0.05) is 19.1 Å². The topological polar surface area (TPSA) is 32.3 Å². The Balaban J connectivity index is 1.59. The van der Waals surface area contributed by atoms with Crippen LogP contribution < -0.4 is 5.32 Å². The molecular formula is C13H18N2OS. The maximum atomic E-state index is 12.2. The lowest BCUT2D eigenvalue weighted by molar-refractivity contribution is -0.131. The monoisotopic (exact) mass is 250 g/mol. The Hall–Kier alpha value is -0.870. The molecule has 1 amide bonds. The minimum absolute atomic E-state index is 0.256. The van der Waals surface area contributed by atoms with Gasteiger partial charge in [0.25, 0.3) is 0 Å². The summed E-state index contributed by atoms with van der Waals surface area (Å²) < 4.78 is 0. The van der Waals surface area contributed by atoms with Crippen LogP contribution in [0.3, 0.4) is 0 Å². The van der Waals surface area contributed by atoms with Crippen molar-refractivity contribution in [2.45, 2.75) is 25.3 Å². The van der Waals surface area contributed by atoms with E-state index in [-0.39, 0.29) is 5.92 Å². The Bertz CT molecular complexity index is 390. The van der Waals surface area contributed by atoms with Gasteiger partial charge in [-0.15, -0.1) is 0 Å². The van der Waals surface area contributed by atoms with E-state index in [1.54, 1.807) is 11.3 Å². The molecule has 0 saturated carbocycles. The molecule has 2 atom stereocenters. The van der Waals surface area contributed by atoms with Gasteiger partial charge in [0.2, 0.25) is 5.91 Å². The Kier molecular flexibility index (Phi) is 3.16. The third-order valence-corrected chi connectivity index (χ3v) is 4.61. The average Bonchev–Trinajstić information content (AvgIpc) is 2.96. The van der Waals surface area contributed by atoms with E-state index in [0.717, 1.165) is 38.9 Å². The van der Waals surface area contributed by atoms with E-state index < -0.39 is 0 Å². The summed E-state index contributed by atoms with van der Waals surface area (Å²) in [4.78, 5) is 14.2. The fourth-order valence-corrected chi connectivity index (χ4v) is 3.61. The Labute approximate surface area is 106 Å². The largest absolute Gasteiger partial charge is 0.340 e. The second kappa shape index (κ2) is 4.78. The zero-order valence-corrected chi connectivity index (χ0v) is 10.7. The molecule has 3 rings (SSSR count). The summed E-state index contributed by atoms with van der Waals surface area (Å²) in [7, 11) is 0. The van der Waals surface area contributed by atoms with E-state index in [9.17, 15) is 4.79 Å². The SMILES string of the molecule is O=C1C2CCCNC2CN1CCc1ccsc1. The van der Waals surface area contributed by atoms with Gasteiger partial charge in [0.05, 0.1) is 5.92 Å². The lowest BCUT2D eigenvalue weighted by Gasteiger charge is -2.23. The van der Waals surface area contributed by atoms with Gasteiger partial charge in [0.1, 0.15) is 0 Å². The van der Waals surface area contributed by atoms with Crippen molar-refractivity contribution < 1.29 is 4.79 Å². The predicted octanol–water partition coefficient (Wildman–Crippen LogP) is 1.50. The van der Waals surface area contributed by atoms with E-state index >= 15 is 0 Å². The van der Waals surface area contributed by atoms with Crippen LogP contribution in [-0.2, 0) is 11.2 Å². The minimum Gasteiger partial charge on any atom is -0.340 e. The number of piperidine rings is 1. The van der Waals surface area contributed by atoms with Crippen molar-refractivity contribution in [2.24, 2.45) is 5.92 Å². The molecule has 1 N–H and O–H groups in total. The maximum absolute atomic E-state index is 12.2. The Morgan fingerprint density at radius 1 is 1.53 bits per heavy atom. The number of hydrogen-bond donors (Lipinski definition) is 1. The molecule has 1 aromatic heterocycles. The van der Waals surface area contributed by atoms with E-state index in [2.05, 4.69) is 22.1 Å². The third kappa shape index (κ3) is 2.24. The molecule has 4 heteroatoms. The Morgan fingerprint density at radius 3 is 3.24 bits per heavy atom. The van der Waals surface area contributed by atoms with Crippen LogP contribution in [0.15, 0.2) is 16.8 Å². The van der Waals surface area contributed by atoms with Gasteiger partial charge < -0.3 is 10.2 Å². The summed E-state index contributed by atoms with van der Waals surface area (Å²) in [5.41, 5.74) is 1.35. The normalized spacial score (nSPS) is 28.5. The van der Waals surface area contributed by atoms with Crippen molar-refractivity contribution in [3.05, 3.63) is 22.4 Å². The highest BCUT2D eigenvalue weighted by molar-refractivity contribution is 7.07. The third-order valence-electron chi connectivity index (χ3n) is 3.88. The molecule has 0 spiro atoms. The van der Waals surface area contributed by atoms with Crippen LogP contribution in [-0.4, -0.2) is 36.5 Å². The quantitative estimate of drug-likeness (QED) is 0.882. The van der Waals surface area contributed by atoms with Crippen molar-refractivity contribution >= 4 is 17.2 Å². The van der Waals surface area contributed by atoms with Crippen molar-refractivity contribution in [2.75, 3.05) is 19.6 Å². The molecule has 2 fully saturated rings. The van der Waals surface area contributed by atoms with Crippen LogP contribution in [0.5, 0.6) is 0 Å². The molecule has 0 radical (unpaired) electrons. The van der Waals surface area contributed by atoms with Crippen molar-refractivity contribution in [3.63, 3.8) is 0 Å². The fourth-order valence-electron chi connectivity index (χ4n) is 2.90. The lowest BCUT2D eigenvalue weighted by Crippen LogP contribution is -2.41. The summed E-state index contributed by atoms with van der Waals surface area (Å²) in [6, 6.07) is 2.56. The van der Waals surface area contributed by atoms with Gasteiger partial charge in [-0.25, -0.2) is 0 Å². The second-order valence-corrected chi connectivity index (χ2v) is 5.76. The summed E-state index contributed by atoms with van der Waals surface area (Å²) in [5, 5.41) is 7.75. The molecule has 17 heavy (non-hydrogen) atoms. The summed E-state index contributed by atoms with van der Waals surface area (Å²) in [6.07, 6.45) is 3.21. The van der Waals surface area contributed by atoms with E-state index in [0.29, 0.717) is 11.9 Å². The highest BCUT2D eigenvalue weighted by atomic mass is 32.1. The Morgan fingerprint density at radius 2 is 2.47 bits per heavy atom. The van der Waals surface area contributed by atoms with Crippen LogP contribution >= 0.6 is 11.3 Å². The van der Waals surface area contributed by atoms with Crippen LogP contribution in [0.25, 0.3) is 0 Å². The first kappa shape index (κ1) is 11.2. The predicted molar refractivity (Wildman–Crippen MR) is 69.1 cm³/mol. The number of fused-ring (bicyclic) bond motifs is 1. The first-order valence-corrected chi connectivity index (χ1v) is 7.32. The second-order valence-electron chi connectivity index (χ2n) is 4.98. The van der Waals surface area contributed by atoms with E-state index in [1.807, 2.05) is 4.90 Å². The van der Waals surface area contributed by atoms with Gasteiger partial charge in [-0.3, -0.25) is 4.79 Å². The number of likely N-dealkylation sites (tertiary alicyclic amines) is 1. The zero-order valence-electron chi connectivity index (χ0n) is 9.89. The van der Waals surface area contributed by atoms with E-state index in [1.165, 1.54) is 5.56 Å². The lowest BCUT2D eigenvalue weighted by atomic mass is 9.94. The number of hydrogen-bond acceptors (Lipinski definition) is 3. The first-order chi connectivity index (χ1) is 8.34. The van der Waals surface area contributed by atoms with Crippen LogP contribution in [0, 0.1) is 5.92 Å².